The molecular weight excluding hydrogens is 356 g/mol. The molecule has 4 aromatic rings. The van der Waals surface area contributed by atoms with Gasteiger partial charge in [0.25, 0.3) is 0 Å². The Balaban J connectivity index is 1.70. The molecule has 0 saturated carbocycles. The Kier molecular flexibility index (Phi) is 4.20. The lowest BCUT2D eigenvalue weighted by molar-refractivity contribution is 0.437. The molecule has 0 atom stereocenters. The standard InChI is InChI=1S/C18H11ClN4O3/c19-16-21-17(20-11-6-2-1-3-7-11)23-18(22-16)26-14-10-15(24)25-13-9-5-4-8-12(13)14/h1-10H,(H,20,21,22,23). The van der Waals surface area contributed by atoms with Crippen LogP contribution in [-0.2, 0) is 0 Å². The molecule has 1 N–H and O–H groups in total. The molecule has 7 nitrogen and oxygen atoms in total. The quantitative estimate of drug-likeness (QED) is 0.542. The van der Waals surface area contributed by atoms with Crippen LogP contribution >= 0.6 is 11.6 Å². The number of anilines is 2. The summed E-state index contributed by atoms with van der Waals surface area (Å²) in [5.74, 6) is 0.489. The smallest absolute Gasteiger partial charge is 0.339 e. The molecule has 0 amide bonds. The first-order chi connectivity index (χ1) is 12.7. The second-order valence-corrected chi connectivity index (χ2v) is 5.57. The minimum Gasteiger partial charge on any atom is -0.423 e. The Bertz CT molecular complexity index is 1130. The number of aromatic nitrogens is 3. The number of halogens is 1. The van der Waals surface area contributed by atoms with Crippen LogP contribution in [0.1, 0.15) is 0 Å². The van der Waals surface area contributed by atoms with Gasteiger partial charge in [0.15, 0.2) is 0 Å². The largest absolute Gasteiger partial charge is 0.423 e. The highest BCUT2D eigenvalue weighted by Crippen LogP contribution is 2.27. The summed E-state index contributed by atoms with van der Waals surface area (Å²) in [4.78, 5) is 23.9. The van der Waals surface area contributed by atoms with E-state index in [9.17, 15) is 4.79 Å². The van der Waals surface area contributed by atoms with Gasteiger partial charge in [-0.1, -0.05) is 30.3 Å². The minimum atomic E-state index is -0.540. The molecule has 0 aliphatic rings. The van der Waals surface area contributed by atoms with Gasteiger partial charge in [-0.3, -0.25) is 0 Å². The van der Waals surface area contributed by atoms with E-state index in [0.29, 0.717) is 11.0 Å². The number of nitrogens with one attached hydrogen (secondary N) is 1. The number of rotatable bonds is 4. The second-order valence-electron chi connectivity index (χ2n) is 5.23. The maximum atomic E-state index is 11.7. The van der Waals surface area contributed by atoms with Crippen molar-refractivity contribution in [1.29, 1.82) is 0 Å². The van der Waals surface area contributed by atoms with Gasteiger partial charge in [0.2, 0.25) is 11.2 Å². The topological polar surface area (TPSA) is 90.1 Å². The maximum absolute atomic E-state index is 11.7. The molecule has 8 heteroatoms. The van der Waals surface area contributed by atoms with Gasteiger partial charge in [-0.05, 0) is 35.9 Å². The van der Waals surface area contributed by atoms with Crippen molar-refractivity contribution in [2.24, 2.45) is 0 Å². The van der Waals surface area contributed by atoms with Gasteiger partial charge in [-0.25, -0.2) is 4.79 Å². The molecule has 0 unspecified atom stereocenters. The highest BCUT2D eigenvalue weighted by molar-refractivity contribution is 6.28. The summed E-state index contributed by atoms with van der Waals surface area (Å²) in [6.45, 7) is 0. The fourth-order valence-corrected chi connectivity index (χ4v) is 2.50. The first-order valence-electron chi connectivity index (χ1n) is 7.62. The van der Waals surface area contributed by atoms with Crippen LogP contribution in [0, 0.1) is 0 Å². The molecule has 2 aromatic heterocycles. The monoisotopic (exact) mass is 366 g/mol. The summed E-state index contributed by atoms with van der Waals surface area (Å²) in [5.41, 5.74) is 0.644. The Labute approximate surface area is 152 Å². The zero-order chi connectivity index (χ0) is 17.9. The first kappa shape index (κ1) is 16.0. The normalized spacial score (nSPS) is 10.7. The average Bonchev–Trinajstić information content (AvgIpc) is 2.62. The van der Waals surface area contributed by atoms with Crippen molar-refractivity contribution in [3.8, 4) is 11.8 Å². The van der Waals surface area contributed by atoms with Gasteiger partial charge in [0.1, 0.15) is 11.3 Å². The number of hydrogen-bond acceptors (Lipinski definition) is 7. The Morgan fingerprint density at radius 2 is 1.73 bits per heavy atom. The van der Waals surface area contributed by atoms with Crippen LogP contribution < -0.4 is 15.7 Å². The SMILES string of the molecule is O=c1cc(Oc2nc(Cl)nc(Nc3ccccc3)n2)c2ccccc2o1. The Morgan fingerprint density at radius 1 is 0.962 bits per heavy atom. The van der Waals surface area contributed by atoms with Crippen molar-refractivity contribution in [1.82, 2.24) is 15.0 Å². The van der Waals surface area contributed by atoms with Gasteiger partial charge in [-0.15, -0.1) is 0 Å². The highest BCUT2D eigenvalue weighted by Gasteiger charge is 2.12. The lowest BCUT2D eigenvalue weighted by Gasteiger charge is -2.08. The zero-order valence-electron chi connectivity index (χ0n) is 13.2. The Hall–Kier alpha value is -3.45. The summed E-state index contributed by atoms with van der Waals surface area (Å²) < 4.78 is 10.8. The molecule has 26 heavy (non-hydrogen) atoms. The van der Waals surface area contributed by atoms with E-state index in [4.69, 9.17) is 20.8 Å². The van der Waals surface area contributed by atoms with Crippen molar-refractivity contribution < 1.29 is 9.15 Å². The molecule has 0 bridgehead atoms. The minimum absolute atomic E-state index is 0.0410. The number of ether oxygens (including phenoxy) is 1. The van der Waals surface area contributed by atoms with Gasteiger partial charge in [0, 0.05) is 5.69 Å². The van der Waals surface area contributed by atoms with Crippen LogP contribution in [0.5, 0.6) is 11.8 Å². The fourth-order valence-electron chi connectivity index (χ4n) is 2.35. The molecule has 2 heterocycles. The van der Waals surface area contributed by atoms with E-state index in [1.54, 1.807) is 24.3 Å². The molecule has 0 fully saturated rings. The van der Waals surface area contributed by atoms with E-state index in [1.165, 1.54) is 6.07 Å². The van der Waals surface area contributed by atoms with Crippen molar-refractivity contribution in [2.45, 2.75) is 0 Å². The molecule has 0 radical (unpaired) electrons. The van der Waals surface area contributed by atoms with Crippen molar-refractivity contribution in [3.05, 3.63) is 76.4 Å². The summed E-state index contributed by atoms with van der Waals surface area (Å²) in [7, 11) is 0. The van der Waals surface area contributed by atoms with Crippen molar-refractivity contribution in [2.75, 3.05) is 5.32 Å². The molecule has 0 aliphatic heterocycles. The maximum Gasteiger partial charge on any atom is 0.339 e. The molecular formula is C18H11ClN4O3. The van der Waals surface area contributed by atoms with E-state index in [0.717, 1.165) is 5.69 Å². The van der Waals surface area contributed by atoms with Crippen LogP contribution in [0.4, 0.5) is 11.6 Å². The van der Waals surface area contributed by atoms with Crippen molar-refractivity contribution >= 4 is 34.2 Å². The molecule has 128 valence electrons. The van der Waals surface area contributed by atoms with E-state index >= 15 is 0 Å². The van der Waals surface area contributed by atoms with Gasteiger partial charge >= 0.3 is 11.6 Å². The number of nitrogens with zero attached hydrogens (tertiary/aromatic N) is 3. The van der Waals surface area contributed by atoms with Crippen LogP contribution in [0.2, 0.25) is 5.28 Å². The summed E-state index contributed by atoms with van der Waals surface area (Å²) in [6.07, 6.45) is 0. The van der Waals surface area contributed by atoms with Gasteiger partial charge < -0.3 is 14.5 Å². The number of hydrogen-bond donors (Lipinski definition) is 1. The summed E-state index contributed by atoms with van der Waals surface area (Å²) in [6, 6.07) is 17.5. The van der Waals surface area contributed by atoms with Crippen LogP contribution in [0.25, 0.3) is 11.0 Å². The Morgan fingerprint density at radius 3 is 2.58 bits per heavy atom. The third-order valence-electron chi connectivity index (χ3n) is 3.43. The molecule has 0 saturated heterocycles. The molecule has 4 rings (SSSR count). The lowest BCUT2D eigenvalue weighted by atomic mass is 10.2. The van der Waals surface area contributed by atoms with Crippen LogP contribution in [0.15, 0.2) is 69.9 Å². The van der Waals surface area contributed by atoms with Crippen LogP contribution in [-0.4, -0.2) is 15.0 Å². The van der Waals surface area contributed by atoms with Gasteiger partial charge in [0.05, 0.1) is 11.5 Å². The average molecular weight is 367 g/mol. The third-order valence-corrected chi connectivity index (χ3v) is 3.60. The van der Waals surface area contributed by atoms with Gasteiger partial charge in [-0.2, -0.15) is 15.0 Å². The summed E-state index contributed by atoms with van der Waals surface area (Å²) >= 11 is 5.97. The summed E-state index contributed by atoms with van der Waals surface area (Å²) in [5, 5.41) is 3.58. The van der Waals surface area contributed by atoms with Crippen molar-refractivity contribution in [3.63, 3.8) is 0 Å². The predicted molar refractivity (Wildman–Crippen MR) is 97.1 cm³/mol. The van der Waals surface area contributed by atoms with E-state index in [-0.39, 0.29) is 23.0 Å². The fraction of sp³-hybridized carbons (Fsp3) is 0. The number of fused-ring (bicyclic) bond motifs is 1. The molecule has 0 aliphatic carbocycles. The van der Waals surface area contributed by atoms with E-state index < -0.39 is 5.63 Å². The first-order valence-corrected chi connectivity index (χ1v) is 7.99. The highest BCUT2D eigenvalue weighted by atomic mass is 35.5. The lowest BCUT2D eigenvalue weighted by Crippen LogP contribution is -2.03. The zero-order valence-corrected chi connectivity index (χ0v) is 14.0. The number of para-hydroxylation sites is 2. The number of benzene rings is 2. The third kappa shape index (κ3) is 3.47. The van der Waals surface area contributed by atoms with Crippen LogP contribution in [0.3, 0.4) is 0 Å². The second kappa shape index (κ2) is 6.81. The van der Waals surface area contributed by atoms with E-state index in [1.807, 2.05) is 30.3 Å². The molecule has 2 aromatic carbocycles. The molecule has 0 spiro atoms. The van der Waals surface area contributed by atoms with E-state index in [2.05, 4.69) is 20.3 Å². The predicted octanol–water partition coefficient (Wildman–Crippen LogP) is 4.17.